The highest BCUT2D eigenvalue weighted by Crippen LogP contribution is 2.27. The quantitative estimate of drug-likeness (QED) is 0.0830. The molecule has 15 heteroatoms. The first kappa shape index (κ1) is 68.2. The molecule has 5 rings (SSSR count). The summed E-state index contributed by atoms with van der Waals surface area (Å²) in [5.41, 5.74) is -1.77. The van der Waals surface area contributed by atoms with Gasteiger partial charge in [-0.1, -0.05) is 34.6 Å². The van der Waals surface area contributed by atoms with Crippen LogP contribution in [0.2, 0.25) is 0 Å². The van der Waals surface area contributed by atoms with E-state index in [1.165, 1.54) is 6.42 Å². The summed E-state index contributed by atoms with van der Waals surface area (Å²) >= 11 is 0. The van der Waals surface area contributed by atoms with Gasteiger partial charge in [0.1, 0.15) is 13.2 Å². The van der Waals surface area contributed by atoms with Crippen molar-refractivity contribution in [2.45, 2.75) is 212 Å². The highest BCUT2D eigenvalue weighted by atomic mass is 16.6. The largest absolute Gasteiger partial charge is 0.465 e. The second-order valence-corrected chi connectivity index (χ2v) is 23.7. The van der Waals surface area contributed by atoms with Gasteiger partial charge in [-0.05, 0) is 171 Å². The van der Waals surface area contributed by atoms with Crippen molar-refractivity contribution in [3.63, 3.8) is 0 Å². The second kappa shape index (κ2) is 35.5. The van der Waals surface area contributed by atoms with Crippen LogP contribution in [0.5, 0.6) is 0 Å². The van der Waals surface area contributed by atoms with E-state index in [1.807, 2.05) is 104 Å². The first-order valence-electron chi connectivity index (χ1n) is 28.1. The first-order chi connectivity index (χ1) is 34.3. The minimum atomic E-state index is -0.366. The summed E-state index contributed by atoms with van der Waals surface area (Å²) in [6.07, 6.45) is 15.0. The van der Waals surface area contributed by atoms with Crippen LogP contribution < -0.4 is 0 Å². The van der Waals surface area contributed by atoms with E-state index in [0.29, 0.717) is 50.8 Å². The number of ether oxygens (including phenoxy) is 10. The summed E-state index contributed by atoms with van der Waals surface area (Å²) in [5.74, 6) is 0.825. The van der Waals surface area contributed by atoms with Crippen molar-refractivity contribution in [3.05, 3.63) is 0 Å². The Bertz CT molecular complexity index is 1370. The minimum Gasteiger partial charge on any atom is -0.465 e. The number of rotatable bonds is 20. The average Bonchev–Trinajstić information content (AvgIpc) is 4.14. The van der Waals surface area contributed by atoms with Crippen molar-refractivity contribution >= 4 is 29.8 Å². The molecule has 4 atom stereocenters. The predicted molar refractivity (Wildman–Crippen MR) is 284 cm³/mol. The number of carbonyl (C=O) groups excluding carboxylic acids is 5. The molecule has 0 radical (unpaired) electrons. The zero-order valence-electron chi connectivity index (χ0n) is 48.8. The first-order valence-corrected chi connectivity index (χ1v) is 28.1. The van der Waals surface area contributed by atoms with Crippen LogP contribution in [0.4, 0.5) is 0 Å². The molecule has 5 fully saturated rings. The molecule has 0 saturated carbocycles. The van der Waals surface area contributed by atoms with E-state index in [4.69, 9.17) is 47.4 Å². The Hall–Kier alpha value is -2.85. The van der Waals surface area contributed by atoms with Crippen LogP contribution in [0.3, 0.4) is 0 Å². The lowest BCUT2D eigenvalue weighted by molar-refractivity contribution is -0.159. The minimum absolute atomic E-state index is 0.0727. The molecule has 0 aromatic rings. The fourth-order valence-corrected chi connectivity index (χ4v) is 6.90. The molecule has 0 aromatic heterocycles. The third-order valence-electron chi connectivity index (χ3n) is 15.3. The molecule has 0 N–H and O–H groups in total. The SMILES string of the molecule is CCC(C)(C)C(=O)OCC1CCCCO1.CCC(C)(C)C(=O)OCC1CCCO1.CCC(C)(C)C(=O)OCC1CCCOC1.CCC(C)(C)C(=O)OCC1CCOC1.CCC(C)(C)C(=O)OCC1CCOCC1. The molecule has 5 heterocycles. The molecule has 5 aliphatic rings. The van der Waals surface area contributed by atoms with Crippen molar-refractivity contribution in [3.8, 4) is 0 Å². The highest BCUT2D eigenvalue weighted by Gasteiger charge is 2.32. The molecule has 5 saturated heterocycles. The fourth-order valence-electron chi connectivity index (χ4n) is 6.90. The molecule has 0 aliphatic carbocycles. The van der Waals surface area contributed by atoms with E-state index in [1.54, 1.807) is 0 Å². The van der Waals surface area contributed by atoms with Crippen LogP contribution in [0.15, 0.2) is 0 Å². The van der Waals surface area contributed by atoms with Gasteiger partial charge in [-0.2, -0.15) is 0 Å². The van der Waals surface area contributed by atoms with Gasteiger partial charge in [0, 0.05) is 51.5 Å². The lowest BCUT2D eigenvalue weighted by Crippen LogP contribution is -2.31. The fraction of sp³-hybridized carbons (Fsp3) is 0.914. The Morgan fingerprint density at radius 2 is 0.644 bits per heavy atom. The summed E-state index contributed by atoms with van der Waals surface area (Å²) in [5, 5.41) is 0. The van der Waals surface area contributed by atoms with Gasteiger partial charge in [-0.15, -0.1) is 0 Å². The van der Waals surface area contributed by atoms with Gasteiger partial charge >= 0.3 is 29.8 Å². The van der Waals surface area contributed by atoms with Crippen molar-refractivity contribution in [2.24, 2.45) is 44.8 Å². The molecule has 4 unspecified atom stereocenters. The molecule has 0 spiro atoms. The maximum atomic E-state index is 11.7. The van der Waals surface area contributed by atoms with Crippen LogP contribution in [0.25, 0.3) is 0 Å². The Morgan fingerprint density at radius 3 is 0.973 bits per heavy atom. The van der Waals surface area contributed by atoms with Crippen molar-refractivity contribution in [1.29, 1.82) is 0 Å². The maximum Gasteiger partial charge on any atom is 0.311 e. The average molecular weight is 1040 g/mol. The van der Waals surface area contributed by atoms with Crippen molar-refractivity contribution in [2.75, 3.05) is 85.9 Å². The third-order valence-corrected chi connectivity index (χ3v) is 15.3. The summed E-state index contributed by atoms with van der Waals surface area (Å²) in [7, 11) is 0. The summed E-state index contributed by atoms with van der Waals surface area (Å²) in [6, 6.07) is 0. The predicted octanol–water partition coefficient (Wildman–Crippen LogP) is 11.5. The zero-order valence-corrected chi connectivity index (χ0v) is 48.8. The van der Waals surface area contributed by atoms with Gasteiger partial charge in [0.25, 0.3) is 0 Å². The van der Waals surface area contributed by atoms with Crippen molar-refractivity contribution < 1.29 is 71.3 Å². The van der Waals surface area contributed by atoms with Crippen molar-refractivity contribution in [1.82, 2.24) is 0 Å². The van der Waals surface area contributed by atoms with Crippen LogP contribution in [-0.2, 0) is 71.3 Å². The van der Waals surface area contributed by atoms with Gasteiger partial charge in [0.2, 0.25) is 0 Å². The van der Waals surface area contributed by atoms with E-state index >= 15 is 0 Å². The van der Waals surface area contributed by atoms with E-state index < -0.39 is 0 Å². The number of hydrogen-bond donors (Lipinski definition) is 0. The van der Waals surface area contributed by atoms with Crippen LogP contribution in [0.1, 0.15) is 200 Å². The Morgan fingerprint density at radius 1 is 0.342 bits per heavy atom. The van der Waals surface area contributed by atoms with Gasteiger partial charge in [0.05, 0.1) is 72.3 Å². The zero-order chi connectivity index (χ0) is 55.1. The molecule has 0 bridgehead atoms. The van der Waals surface area contributed by atoms with E-state index in [9.17, 15) is 24.0 Å². The lowest BCUT2D eigenvalue weighted by atomic mass is 9.90. The van der Waals surface area contributed by atoms with E-state index in [-0.39, 0.29) is 69.1 Å². The highest BCUT2D eigenvalue weighted by molar-refractivity contribution is 5.77. The van der Waals surface area contributed by atoms with Gasteiger partial charge in [-0.3, -0.25) is 24.0 Å². The number of esters is 5. The normalized spacial score (nSPS) is 21.7. The van der Waals surface area contributed by atoms with Gasteiger partial charge in [-0.25, -0.2) is 0 Å². The number of carbonyl (C=O) groups is 5. The third kappa shape index (κ3) is 28.2. The van der Waals surface area contributed by atoms with Gasteiger partial charge < -0.3 is 47.4 Å². The van der Waals surface area contributed by atoms with Crippen LogP contribution in [-0.4, -0.2) is 128 Å². The molecule has 0 aromatic carbocycles. The second-order valence-electron chi connectivity index (χ2n) is 23.7. The summed E-state index contributed by atoms with van der Waals surface area (Å²) in [4.78, 5) is 58.2. The summed E-state index contributed by atoms with van der Waals surface area (Å²) in [6.45, 7) is 38.0. The molecule has 73 heavy (non-hydrogen) atoms. The molecule has 15 nitrogen and oxygen atoms in total. The van der Waals surface area contributed by atoms with Gasteiger partial charge in [0.15, 0.2) is 0 Å². The standard InChI is InChI=1S/3C12H22O3.2C11H20O3/c1-4-12(2,3)11(13)15-9-10-5-7-14-8-6-10;1-4-12(2,3)11(13)15-9-10-6-5-7-14-8-10;1-4-12(2,3)11(13)15-9-10-7-5-6-8-14-10;1-4-11(2,3)10(12)14-8-9-5-6-13-7-9;1-4-11(2,3)10(12)14-8-9-6-5-7-13-9/h3*10H,4-9H2,1-3H3;2*9H,4-8H2,1-3H3. The Balaban J connectivity index is 0.000000456. The molecular formula is C58H106O15. The molecule has 428 valence electrons. The Labute approximate surface area is 442 Å². The summed E-state index contributed by atoms with van der Waals surface area (Å²) < 4.78 is 53.1. The molecule has 5 aliphatic heterocycles. The molecule has 0 amide bonds. The molecular weight excluding hydrogens is 937 g/mol. The maximum absolute atomic E-state index is 11.7. The Kier molecular flexibility index (Phi) is 33.1. The van der Waals surface area contributed by atoms with E-state index in [2.05, 4.69) is 0 Å². The van der Waals surface area contributed by atoms with Crippen LogP contribution in [0, 0.1) is 44.8 Å². The van der Waals surface area contributed by atoms with Crippen LogP contribution >= 0.6 is 0 Å². The number of hydrogen-bond acceptors (Lipinski definition) is 15. The van der Waals surface area contributed by atoms with E-state index in [0.717, 1.165) is 143 Å². The topological polar surface area (TPSA) is 178 Å². The monoisotopic (exact) mass is 1040 g/mol. The lowest BCUT2D eigenvalue weighted by Gasteiger charge is -2.25. The smallest absolute Gasteiger partial charge is 0.311 e.